The van der Waals surface area contributed by atoms with Crippen molar-refractivity contribution in [3.05, 3.63) is 383 Å². The van der Waals surface area contributed by atoms with Crippen LogP contribution in [0, 0.1) is 0 Å². The molecule has 0 fully saturated rings. The van der Waals surface area contributed by atoms with E-state index in [2.05, 4.69) is 107 Å². The molecule has 18 nitrogen and oxygen atoms in total. The van der Waals surface area contributed by atoms with Crippen LogP contribution in [0.4, 0.5) is 0 Å². The molecule has 0 unspecified atom stereocenters. The van der Waals surface area contributed by atoms with Crippen LogP contribution in [0.3, 0.4) is 0 Å². The molecule has 11 aromatic heterocycles. The maximum Gasteiger partial charge on any atom is 0.246 e. The summed E-state index contributed by atoms with van der Waals surface area (Å²) in [5.41, 5.74) is 23.2. The number of hydrogen-bond donors (Lipinski definition) is 0. The van der Waals surface area contributed by atoms with Crippen molar-refractivity contribution in [3.63, 3.8) is 0 Å². The lowest BCUT2D eigenvalue weighted by atomic mass is 10.0. The molecule has 0 saturated heterocycles. The quantitative estimate of drug-likeness (QED) is 0.111. The maximum atomic E-state index is 6.23. The molecule has 24 rings (SSSR count). The fourth-order valence-electron chi connectivity index (χ4n) is 15.5. The Kier molecular flexibility index (Phi) is 18.4. The Morgan fingerprint density at radius 1 is 0.187 bits per heavy atom. The first-order valence-corrected chi connectivity index (χ1v) is 40.0. The highest BCUT2D eigenvalue weighted by molar-refractivity contribution is 6.17. The van der Waals surface area contributed by atoms with Gasteiger partial charge in [0, 0.05) is 78.3 Å². The van der Waals surface area contributed by atoms with Gasteiger partial charge in [-0.25, -0.2) is 64.8 Å². The molecular formula is C105H63N15O3. The van der Waals surface area contributed by atoms with Gasteiger partial charge in [-0.2, -0.15) is 0 Å². The molecule has 0 spiro atoms. The first-order valence-electron chi connectivity index (χ1n) is 40.0. The Morgan fingerprint density at radius 3 is 1.09 bits per heavy atom. The van der Waals surface area contributed by atoms with Crippen LogP contribution in [0.2, 0.25) is 0 Å². The van der Waals surface area contributed by atoms with Crippen molar-refractivity contribution in [2.75, 3.05) is 0 Å². The molecule has 13 aromatic carbocycles. The molecule has 0 atom stereocenters. The van der Waals surface area contributed by atoms with E-state index in [0.717, 1.165) is 143 Å². The van der Waals surface area contributed by atoms with E-state index in [0.29, 0.717) is 91.7 Å². The average Bonchev–Trinajstić information content (AvgIpc) is 1.62. The van der Waals surface area contributed by atoms with Crippen molar-refractivity contribution in [1.29, 1.82) is 0 Å². The molecule has 0 aliphatic rings. The summed E-state index contributed by atoms with van der Waals surface area (Å²) in [5, 5.41) is 5.48. The third-order valence-electron chi connectivity index (χ3n) is 21.6. The number of furan rings is 3. The summed E-state index contributed by atoms with van der Waals surface area (Å²) in [5.74, 6) is 5.12. The number of fused-ring (bicyclic) bond motifs is 13. The van der Waals surface area contributed by atoms with E-state index >= 15 is 0 Å². The van der Waals surface area contributed by atoms with E-state index in [9.17, 15) is 0 Å². The summed E-state index contributed by atoms with van der Waals surface area (Å²) in [6.45, 7) is 0. The SMILES string of the molecule is c1ccc(-c2ccc(-c3nc(-c4ccccc4)nc(-c4c5ncccc5nc5oc6ccccc6c45)n3)cc2)cc1.c1ccc(-c2ccc(-c3nc(-c4ccccc4)nc(-c4cc5c(cn4)oc4c6ccccc6ncc54)n3)cc2)cc1.c1ccc(-c2ccc(-c3nc(-c4ccccc4)nc(-c4ccc5c(c4)oc4nc6ccccc6nc45)n3)cc2)cc1. The first kappa shape index (κ1) is 72.2. The minimum atomic E-state index is 0.492. The third kappa shape index (κ3) is 14.1. The normalized spacial score (nSPS) is 11.4. The number of hydrogen-bond acceptors (Lipinski definition) is 18. The lowest BCUT2D eigenvalue weighted by Crippen LogP contribution is -2.01. The van der Waals surface area contributed by atoms with E-state index in [-0.39, 0.29) is 0 Å². The van der Waals surface area contributed by atoms with Gasteiger partial charge in [-0.15, -0.1) is 0 Å². The van der Waals surface area contributed by atoms with Gasteiger partial charge in [0.15, 0.2) is 58.0 Å². The van der Waals surface area contributed by atoms with Crippen molar-refractivity contribution < 1.29 is 13.3 Å². The van der Waals surface area contributed by atoms with Crippen LogP contribution in [0.5, 0.6) is 0 Å². The predicted octanol–water partition coefficient (Wildman–Crippen LogP) is 25.1. The van der Waals surface area contributed by atoms with Crippen LogP contribution < -0.4 is 0 Å². The highest BCUT2D eigenvalue weighted by atomic mass is 16.3. The van der Waals surface area contributed by atoms with Crippen molar-refractivity contribution in [3.8, 4) is 136 Å². The second-order valence-electron chi connectivity index (χ2n) is 29.3. The molecule has 123 heavy (non-hydrogen) atoms. The van der Waals surface area contributed by atoms with Crippen LogP contribution in [0.1, 0.15) is 0 Å². The summed E-state index contributed by atoms with van der Waals surface area (Å²) in [4.78, 5) is 72.7. The Balaban J connectivity index is 0.000000110. The monoisotopic (exact) mass is 1580 g/mol. The average molecular weight is 1580 g/mol. The van der Waals surface area contributed by atoms with E-state index in [1.165, 1.54) is 0 Å². The van der Waals surface area contributed by atoms with Crippen molar-refractivity contribution in [2.24, 2.45) is 0 Å². The van der Waals surface area contributed by atoms with Gasteiger partial charge in [0.1, 0.15) is 33.5 Å². The zero-order valence-corrected chi connectivity index (χ0v) is 65.3. The summed E-state index contributed by atoms with van der Waals surface area (Å²) in [7, 11) is 0. The molecule has 0 saturated carbocycles. The first-order chi connectivity index (χ1) is 60.9. The Bertz CT molecular complexity index is 8090. The number of aromatic nitrogens is 15. The molecule has 18 heteroatoms. The summed E-state index contributed by atoms with van der Waals surface area (Å²) in [6, 6.07) is 121. The highest BCUT2D eigenvalue weighted by Gasteiger charge is 2.25. The van der Waals surface area contributed by atoms with Gasteiger partial charge in [0.25, 0.3) is 0 Å². The fourth-order valence-corrected chi connectivity index (χ4v) is 15.5. The molecule has 0 radical (unpaired) electrons. The Hall–Kier alpha value is -17.3. The zero-order valence-electron chi connectivity index (χ0n) is 65.3. The Morgan fingerprint density at radius 2 is 0.569 bits per heavy atom. The fraction of sp³-hybridized carbons (Fsp3) is 0. The standard InChI is InChI=1S/3C35H21N5O/c1-3-10-22(11-4-1)23-17-19-25(20-18-23)33-38-32(24-12-5-2-6-13-24)39-34(40-33)30-29-26-14-7-8-16-28(26)41-35(29)37-27-15-9-21-36-31(27)30;1-3-9-22(10-4-1)23-15-17-25(18-16-23)34-38-33(24-11-5-2-6-12-24)39-35(40-34)30-19-27-28-20-36-29-14-8-7-13-26(29)32(28)41-31(27)21-37-30;1-3-9-22(10-4-1)23-15-17-25(18-16-23)33-38-32(24-11-5-2-6-12-24)39-34(40-33)26-19-20-27-30(21-26)41-35-31(27)36-28-13-7-8-14-29(28)37-35/h3*1-21H. The highest BCUT2D eigenvalue weighted by Crippen LogP contribution is 2.42. The van der Waals surface area contributed by atoms with Crippen LogP contribution in [-0.2, 0) is 0 Å². The van der Waals surface area contributed by atoms with Crippen LogP contribution >= 0.6 is 0 Å². The second-order valence-corrected chi connectivity index (χ2v) is 29.3. The maximum absolute atomic E-state index is 6.23. The Labute approximate surface area is 701 Å². The smallest absolute Gasteiger partial charge is 0.246 e. The summed E-state index contributed by atoms with van der Waals surface area (Å²) >= 11 is 0. The summed E-state index contributed by atoms with van der Waals surface area (Å²) < 4.78 is 18.6. The number of benzene rings is 13. The molecule has 0 bridgehead atoms. The lowest BCUT2D eigenvalue weighted by Gasteiger charge is -2.11. The van der Waals surface area contributed by atoms with Crippen molar-refractivity contribution in [1.82, 2.24) is 74.8 Å². The number of para-hydroxylation sites is 4. The molecular weight excluding hydrogens is 1520 g/mol. The van der Waals surface area contributed by atoms with Gasteiger partial charge in [-0.1, -0.05) is 303 Å². The topological polar surface area (TPSA) is 233 Å². The van der Waals surface area contributed by atoms with Gasteiger partial charge in [-0.05, 0) is 94.0 Å². The van der Waals surface area contributed by atoms with Crippen LogP contribution in [-0.4, -0.2) is 74.8 Å². The van der Waals surface area contributed by atoms with Gasteiger partial charge in [0.2, 0.25) is 11.4 Å². The number of nitrogens with zero attached hydrogens (tertiary/aromatic N) is 15. The number of rotatable bonds is 12. The molecule has 0 N–H and O–H groups in total. The van der Waals surface area contributed by atoms with E-state index in [1.54, 1.807) is 12.4 Å². The van der Waals surface area contributed by atoms with Gasteiger partial charge in [-0.3, -0.25) is 9.97 Å². The molecule has 11 heterocycles. The number of pyridine rings is 4. The molecule has 0 aliphatic heterocycles. The van der Waals surface area contributed by atoms with Gasteiger partial charge in [0.05, 0.1) is 39.2 Å². The minimum absolute atomic E-state index is 0.492. The summed E-state index contributed by atoms with van der Waals surface area (Å²) in [6.07, 6.45) is 5.36. The zero-order chi connectivity index (χ0) is 81.5. The minimum Gasteiger partial charge on any atom is -0.454 e. The predicted molar refractivity (Wildman–Crippen MR) is 486 cm³/mol. The lowest BCUT2D eigenvalue weighted by molar-refractivity contribution is 0.655. The van der Waals surface area contributed by atoms with E-state index in [4.69, 9.17) is 78.0 Å². The van der Waals surface area contributed by atoms with Gasteiger partial charge >= 0.3 is 0 Å². The van der Waals surface area contributed by atoms with Crippen molar-refractivity contribution in [2.45, 2.75) is 0 Å². The molecule has 576 valence electrons. The van der Waals surface area contributed by atoms with Gasteiger partial charge < -0.3 is 13.3 Å². The second kappa shape index (κ2) is 31.3. The molecule has 24 aromatic rings. The molecule has 0 aliphatic carbocycles. The van der Waals surface area contributed by atoms with E-state index in [1.807, 2.05) is 273 Å². The van der Waals surface area contributed by atoms with E-state index < -0.39 is 0 Å². The largest absolute Gasteiger partial charge is 0.454 e. The third-order valence-corrected chi connectivity index (χ3v) is 21.6. The molecule has 0 amide bonds. The van der Waals surface area contributed by atoms with Crippen LogP contribution in [0.15, 0.2) is 396 Å². The van der Waals surface area contributed by atoms with Crippen molar-refractivity contribution >= 4 is 99.2 Å². The van der Waals surface area contributed by atoms with Crippen LogP contribution in [0.25, 0.3) is 235 Å².